The number of fused-ring (bicyclic) bond motifs is 1. The van der Waals surface area contributed by atoms with Crippen LogP contribution in [0.25, 0.3) is 5.65 Å². The Bertz CT molecular complexity index is 862. The van der Waals surface area contributed by atoms with Crippen molar-refractivity contribution < 1.29 is 4.79 Å². The van der Waals surface area contributed by atoms with Gasteiger partial charge in [-0.25, -0.2) is 4.98 Å². The normalized spacial score (nSPS) is 16.1. The molecule has 2 N–H and O–H groups in total. The summed E-state index contributed by atoms with van der Waals surface area (Å²) in [7, 11) is 0. The van der Waals surface area contributed by atoms with Gasteiger partial charge in [0.2, 0.25) is 0 Å². The lowest BCUT2D eigenvalue weighted by Gasteiger charge is -2.23. The van der Waals surface area contributed by atoms with Gasteiger partial charge < -0.3 is 15.0 Å². The quantitative estimate of drug-likeness (QED) is 0.591. The summed E-state index contributed by atoms with van der Waals surface area (Å²) in [5.74, 6) is 0.816. The van der Waals surface area contributed by atoms with E-state index in [-0.39, 0.29) is 36.8 Å². The molecule has 0 aliphatic carbocycles. The zero-order chi connectivity index (χ0) is 17.8. The molecule has 3 heterocycles. The topological polar surface area (TPSA) is 58.4 Å². The van der Waals surface area contributed by atoms with Crippen molar-refractivity contribution in [2.24, 2.45) is 0 Å². The van der Waals surface area contributed by atoms with E-state index >= 15 is 0 Å². The second kappa shape index (κ2) is 10.7. The zero-order valence-corrected chi connectivity index (χ0v) is 17.8. The minimum absolute atomic E-state index is 0. The van der Waals surface area contributed by atoms with E-state index in [2.05, 4.69) is 21.8 Å². The van der Waals surface area contributed by atoms with Crippen molar-refractivity contribution in [2.45, 2.75) is 29.5 Å². The van der Waals surface area contributed by atoms with Gasteiger partial charge in [0.1, 0.15) is 5.65 Å². The Labute approximate surface area is 181 Å². The zero-order valence-electron chi connectivity index (χ0n) is 15.3. The van der Waals surface area contributed by atoms with Crippen molar-refractivity contribution in [1.82, 2.24) is 20.0 Å². The molecule has 1 saturated heterocycles. The SMILES string of the molecule is Cl.Cl.O=C(N[C@H]1CCCNC1)c1ccc(SCc2cn3ccccc3n2)cc1. The largest absolute Gasteiger partial charge is 0.348 e. The van der Waals surface area contributed by atoms with Crippen molar-refractivity contribution in [2.75, 3.05) is 13.1 Å². The number of nitrogens with zero attached hydrogens (tertiary/aromatic N) is 2. The molecule has 0 bridgehead atoms. The van der Waals surface area contributed by atoms with Gasteiger partial charge in [-0.2, -0.15) is 0 Å². The number of rotatable bonds is 5. The minimum atomic E-state index is 0. The molecule has 1 fully saturated rings. The molecule has 1 amide bonds. The van der Waals surface area contributed by atoms with Gasteiger partial charge >= 0.3 is 0 Å². The van der Waals surface area contributed by atoms with Gasteiger partial charge in [0, 0.05) is 41.2 Å². The van der Waals surface area contributed by atoms with E-state index in [4.69, 9.17) is 0 Å². The van der Waals surface area contributed by atoms with Crippen LogP contribution in [0.2, 0.25) is 0 Å². The summed E-state index contributed by atoms with van der Waals surface area (Å²) in [4.78, 5) is 18.1. The first-order valence-corrected chi connectivity index (χ1v) is 9.93. The Hall–Kier alpha value is -1.73. The number of piperidine rings is 1. The predicted molar refractivity (Wildman–Crippen MR) is 119 cm³/mol. The molecule has 1 aliphatic rings. The van der Waals surface area contributed by atoms with Gasteiger partial charge in [0.05, 0.1) is 5.69 Å². The smallest absolute Gasteiger partial charge is 0.251 e. The van der Waals surface area contributed by atoms with Crippen LogP contribution in [0.3, 0.4) is 0 Å². The van der Waals surface area contributed by atoms with E-state index in [1.807, 2.05) is 53.1 Å². The molecule has 8 heteroatoms. The highest BCUT2D eigenvalue weighted by Gasteiger charge is 2.16. The number of aromatic nitrogens is 2. The summed E-state index contributed by atoms with van der Waals surface area (Å²) < 4.78 is 2.03. The van der Waals surface area contributed by atoms with Crippen LogP contribution in [0.5, 0.6) is 0 Å². The van der Waals surface area contributed by atoms with E-state index in [0.717, 1.165) is 47.9 Å². The fraction of sp³-hybridized carbons (Fsp3) is 0.300. The van der Waals surface area contributed by atoms with Crippen LogP contribution in [-0.4, -0.2) is 34.4 Å². The van der Waals surface area contributed by atoms with Crippen molar-refractivity contribution in [3.8, 4) is 0 Å². The molecule has 0 unspecified atom stereocenters. The molecule has 1 atom stereocenters. The highest BCUT2D eigenvalue weighted by atomic mass is 35.5. The molecular weight excluding hydrogens is 415 g/mol. The van der Waals surface area contributed by atoms with E-state index in [1.165, 1.54) is 0 Å². The predicted octanol–water partition coefficient (Wildman–Crippen LogP) is 3.95. The number of hydrogen-bond donors (Lipinski definition) is 2. The summed E-state index contributed by atoms with van der Waals surface area (Å²) in [6, 6.07) is 14.0. The Morgan fingerprint density at radius 1 is 1.21 bits per heavy atom. The summed E-state index contributed by atoms with van der Waals surface area (Å²) in [5, 5.41) is 6.42. The van der Waals surface area contributed by atoms with Crippen molar-refractivity contribution in [3.63, 3.8) is 0 Å². The van der Waals surface area contributed by atoms with Gasteiger partial charge in [-0.3, -0.25) is 4.79 Å². The second-order valence-electron chi connectivity index (χ2n) is 6.53. The Morgan fingerprint density at radius 2 is 2.04 bits per heavy atom. The van der Waals surface area contributed by atoms with Crippen LogP contribution in [0.1, 0.15) is 28.9 Å². The number of hydrogen-bond acceptors (Lipinski definition) is 4. The van der Waals surface area contributed by atoms with E-state index in [0.29, 0.717) is 5.56 Å². The van der Waals surface area contributed by atoms with Gasteiger partial charge in [0.25, 0.3) is 5.91 Å². The maximum Gasteiger partial charge on any atom is 0.251 e. The van der Waals surface area contributed by atoms with Crippen LogP contribution < -0.4 is 10.6 Å². The molecule has 1 aromatic carbocycles. The minimum Gasteiger partial charge on any atom is -0.348 e. The maximum absolute atomic E-state index is 12.3. The number of thioether (sulfide) groups is 1. The summed E-state index contributed by atoms with van der Waals surface area (Å²) in [6.45, 7) is 1.91. The highest BCUT2D eigenvalue weighted by Crippen LogP contribution is 2.23. The highest BCUT2D eigenvalue weighted by molar-refractivity contribution is 7.98. The molecule has 0 radical (unpaired) electrons. The Morgan fingerprint density at radius 3 is 2.75 bits per heavy atom. The number of imidazole rings is 1. The lowest BCUT2D eigenvalue weighted by Crippen LogP contribution is -2.45. The number of benzene rings is 1. The number of carbonyl (C=O) groups is 1. The lowest BCUT2D eigenvalue weighted by atomic mass is 10.1. The first kappa shape index (κ1) is 22.6. The number of carbonyl (C=O) groups excluding carboxylic acids is 1. The first-order chi connectivity index (χ1) is 12.8. The molecular formula is C20H24Cl2N4OS. The standard InChI is InChI=1S/C20H22N4OS.2ClH/c25-20(23-16-4-3-10-21-12-16)15-6-8-18(9-7-15)26-14-17-13-24-11-2-1-5-19(24)22-17;;/h1-2,5-9,11,13,16,21H,3-4,10,12,14H2,(H,23,25);2*1H/t16-;;/m0../s1. The second-order valence-corrected chi connectivity index (χ2v) is 7.58. The average Bonchev–Trinajstić information content (AvgIpc) is 3.10. The van der Waals surface area contributed by atoms with E-state index in [9.17, 15) is 4.79 Å². The lowest BCUT2D eigenvalue weighted by molar-refractivity contribution is 0.0930. The van der Waals surface area contributed by atoms with Crippen LogP contribution in [-0.2, 0) is 5.75 Å². The Balaban J connectivity index is 0.00000140. The van der Waals surface area contributed by atoms with Gasteiger partial charge in [-0.15, -0.1) is 36.6 Å². The van der Waals surface area contributed by atoms with Crippen LogP contribution in [0.15, 0.2) is 59.8 Å². The van der Waals surface area contributed by atoms with Gasteiger partial charge in [-0.1, -0.05) is 6.07 Å². The van der Waals surface area contributed by atoms with Gasteiger partial charge in [-0.05, 0) is 55.8 Å². The molecule has 4 rings (SSSR count). The number of amides is 1. The fourth-order valence-corrected chi connectivity index (χ4v) is 3.94. The van der Waals surface area contributed by atoms with Crippen molar-refractivity contribution >= 4 is 48.1 Å². The molecule has 2 aromatic heterocycles. The molecule has 0 spiro atoms. The van der Waals surface area contributed by atoms with Crippen LogP contribution in [0.4, 0.5) is 0 Å². The third kappa shape index (κ3) is 5.64. The third-order valence-corrected chi connectivity index (χ3v) is 5.59. The monoisotopic (exact) mass is 438 g/mol. The molecule has 5 nitrogen and oxygen atoms in total. The third-order valence-electron chi connectivity index (χ3n) is 4.55. The number of pyridine rings is 1. The van der Waals surface area contributed by atoms with Crippen molar-refractivity contribution in [3.05, 3.63) is 66.1 Å². The Kier molecular flexibility index (Phi) is 8.63. The summed E-state index contributed by atoms with van der Waals surface area (Å²) >= 11 is 1.73. The molecule has 150 valence electrons. The number of nitrogens with one attached hydrogen (secondary N) is 2. The number of halogens is 2. The fourth-order valence-electron chi connectivity index (χ4n) is 3.16. The summed E-state index contributed by atoms with van der Waals surface area (Å²) in [6.07, 6.45) is 6.23. The average molecular weight is 439 g/mol. The molecule has 0 saturated carbocycles. The summed E-state index contributed by atoms with van der Waals surface area (Å²) in [5.41, 5.74) is 2.73. The van der Waals surface area contributed by atoms with Crippen LogP contribution >= 0.6 is 36.6 Å². The van der Waals surface area contributed by atoms with Crippen molar-refractivity contribution in [1.29, 1.82) is 0 Å². The molecule has 3 aromatic rings. The molecule has 28 heavy (non-hydrogen) atoms. The first-order valence-electron chi connectivity index (χ1n) is 8.95. The van der Waals surface area contributed by atoms with Gasteiger partial charge in [0.15, 0.2) is 0 Å². The van der Waals surface area contributed by atoms with E-state index < -0.39 is 0 Å². The van der Waals surface area contributed by atoms with Crippen LogP contribution in [0, 0.1) is 0 Å². The van der Waals surface area contributed by atoms with E-state index in [1.54, 1.807) is 11.8 Å². The maximum atomic E-state index is 12.3. The molecule has 1 aliphatic heterocycles.